The maximum absolute atomic E-state index is 10.8. The number of carboxylic acid groups (broad SMARTS) is 2. The van der Waals surface area contributed by atoms with E-state index in [4.69, 9.17) is 11.6 Å². The molecule has 0 atom stereocenters. The van der Waals surface area contributed by atoms with E-state index in [0.717, 1.165) is 24.3 Å². The second-order valence-electron chi connectivity index (χ2n) is 5.54. The van der Waals surface area contributed by atoms with Crippen molar-refractivity contribution in [3.05, 3.63) is 52.8 Å². The number of halogens is 1. The van der Waals surface area contributed by atoms with Crippen molar-refractivity contribution >= 4 is 46.8 Å². The van der Waals surface area contributed by atoms with Crippen molar-refractivity contribution in [1.29, 1.82) is 0 Å². The van der Waals surface area contributed by atoms with Crippen molar-refractivity contribution in [2.45, 2.75) is 0 Å². The van der Waals surface area contributed by atoms with Gasteiger partial charge >= 0.3 is 59.1 Å². The predicted octanol–water partition coefficient (Wildman–Crippen LogP) is -5.84. The molecule has 1 aromatic heterocycles. The minimum atomic E-state index is -1.53. The maximum Gasteiger partial charge on any atom is 1.00 e. The first kappa shape index (κ1) is 26.9. The quantitative estimate of drug-likeness (QED) is 0.256. The third-order valence-electron chi connectivity index (χ3n) is 3.56. The molecular weight excluding hydrogens is 452 g/mol. The van der Waals surface area contributed by atoms with E-state index in [9.17, 15) is 30.0 Å². The number of nitrogens with one attached hydrogen (secondary N) is 2. The molecule has 0 aliphatic rings. The van der Waals surface area contributed by atoms with Gasteiger partial charge in [-0.3, -0.25) is 0 Å². The van der Waals surface area contributed by atoms with E-state index in [1.807, 2.05) is 0 Å². The van der Waals surface area contributed by atoms with Gasteiger partial charge in [-0.1, -0.05) is 0 Å². The number of carbonyl (C=O) groups is 2. The number of carbonyl (C=O) groups excluding carboxylic acids is 2. The van der Waals surface area contributed by atoms with Crippen LogP contribution >= 0.6 is 11.6 Å². The van der Waals surface area contributed by atoms with Crippen LogP contribution in [0, 0.1) is 0 Å². The van der Waals surface area contributed by atoms with E-state index in [-0.39, 0.29) is 98.8 Å². The number of aromatic nitrogens is 3. The fraction of sp³-hybridized carbons (Fsp3) is 0. The predicted molar refractivity (Wildman–Crippen MR) is 96.3 cm³/mol. The van der Waals surface area contributed by atoms with Crippen molar-refractivity contribution in [2.24, 2.45) is 0 Å². The van der Waals surface area contributed by atoms with Gasteiger partial charge in [0.2, 0.25) is 17.2 Å². The summed E-state index contributed by atoms with van der Waals surface area (Å²) in [5, 5.41) is 46.3. The Morgan fingerprint density at radius 2 is 1.16 bits per heavy atom. The van der Waals surface area contributed by atoms with Crippen molar-refractivity contribution in [2.75, 3.05) is 10.6 Å². The molecule has 3 aromatic rings. The van der Waals surface area contributed by atoms with Crippen molar-refractivity contribution in [1.82, 2.24) is 15.0 Å². The van der Waals surface area contributed by atoms with Gasteiger partial charge in [0, 0.05) is 34.6 Å². The minimum Gasteiger partial charge on any atom is -0.545 e. The third kappa shape index (κ3) is 6.94. The summed E-state index contributed by atoms with van der Waals surface area (Å²) in [5.41, 5.74) is -0.244. The second-order valence-corrected chi connectivity index (χ2v) is 5.88. The van der Waals surface area contributed by atoms with Crippen LogP contribution in [-0.4, -0.2) is 37.1 Å². The molecule has 0 fully saturated rings. The number of rotatable bonds is 6. The van der Waals surface area contributed by atoms with Crippen LogP contribution in [0.25, 0.3) is 0 Å². The molecule has 0 spiro atoms. The van der Waals surface area contributed by atoms with Crippen molar-refractivity contribution in [3.63, 3.8) is 0 Å². The fourth-order valence-corrected chi connectivity index (χ4v) is 2.44. The van der Waals surface area contributed by atoms with Crippen LogP contribution in [0.2, 0.25) is 5.28 Å². The van der Waals surface area contributed by atoms with Crippen LogP contribution in [0.4, 0.5) is 23.3 Å². The molecule has 11 nitrogen and oxygen atoms in total. The van der Waals surface area contributed by atoms with Crippen LogP contribution in [0.5, 0.6) is 11.5 Å². The first-order valence-corrected chi connectivity index (χ1v) is 8.15. The molecule has 0 aliphatic carbocycles. The number of carboxylic acids is 2. The van der Waals surface area contributed by atoms with Crippen LogP contribution in [0.15, 0.2) is 36.4 Å². The summed E-state index contributed by atoms with van der Waals surface area (Å²) in [6.07, 6.45) is 0. The first-order valence-electron chi connectivity index (χ1n) is 7.77. The van der Waals surface area contributed by atoms with Gasteiger partial charge in [0.05, 0.1) is 11.9 Å². The SMILES string of the molecule is O=C([O-])c1ccc(Nc2nc(Cl)nc(Nc3ccc(C(=O)[O-])c(O)c3)n2)cc1O.[Na+].[Na+]. The van der Waals surface area contributed by atoms with Crippen LogP contribution in [-0.2, 0) is 0 Å². The van der Waals surface area contributed by atoms with E-state index in [0.29, 0.717) is 0 Å². The Morgan fingerprint density at radius 3 is 1.48 bits per heavy atom. The molecule has 148 valence electrons. The van der Waals surface area contributed by atoms with Crippen LogP contribution < -0.4 is 80.0 Å². The fourth-order valence-electron chi connectivity index (χ4n) is 2.28. The van der Waals surface area contributed by atoms with Gasteiger partial charge in [-0.15, -0.1) is 0 Å². The van der Waals surface area contributed by atoms with Crippen molar-refractivity contribution in [3.8, 4) is 11.5 Å². The van der Waals surface area contributed by atoms with Crippen LogP contribution in [0.1, 0.15) is 20.7 Å². The Bertz CT molecular complexity index is 1050. The standard InChI is InChI=1S/C17H12ClN5O6.2Na/c18-15-21-16(19-7-1-3-9(13(26)27)11(24)5-7)23-17(22-15)20-8-2-4-10(14(28)29)12(25)6-8;;/h1-6,24-25H,(H,26,27)(H,28,29)(H2,19,20,21,22,23);;/q;2*+1/p-2. The van der Waals surface area contributed by atoms with E-state index in [1.54, 1.807) is 0 Å². The van der Waals surface area contributed by atoms with Gasteiger partial charge in [0.25, 0.3) is 0 Å². The monoisotopic (exact) mass is 461 g/mol. The van der Waals surface area contributed by atoms with Crippen molar-refractivity contribution < 1.29 is 89.1 Å². The topological polar surface area (TPSA) is 183 Å². The number of nitrogens with zero attached hydrogens (tertiary/aromatic N) is 3. The third-order valence-corrected chi connectivity index (χ3v) is 3.72. The largest absolute Gasteiger partial charge is 1.00 e. The Labute approximate surface area is 224 Å². The molecule has 14 heteroatoms. The number of benzene rings is 2. The summed E-state index contributed by atoms with van der Waals surface area (Å²) in [7, 11) is 0. The molecule has 0 aliphatic heterocycles. The molecule has 1 heterocycles. The normalized spacial score (nSPS) is 9.71. The number of aromatic carboxylic acids is 2. The second kappa shape index (κ2) is 11.5. The summed E-state index contributed by atoms with van der Waals surface area (Å²) >= 11 is 5.87. The number of hydrogen-bond donors (Lipinski definition) is 4. The smallest absolute Gasteiger partial charge is 0.545 e. The Morgan fingerprint density at radius 1 is 0.774 bits per heavy atom. The summed E-state index contributed by atoms with van der Waals surface area (Å²) in [6, 6.07) is 7.24. The van der Waals surface area contributed by atoms with Gasteiger partial charge in [-0.2, -0.15) is 15.0 Å². The molecule has 31 heavy (non-hydrogen) atoms. The Kier molecular flexibility index (Phi) is 9.97. The molecule has 0 unspecified atom stereocenters. The molecule has 0 saturated heterocycles. The molecule has 0 saturated carbocycles. The summed E-state index contributed by atoms with van der Waals surface area (Å²) in [6.45, 7) is 0. The van der Waals surface area contributed by atoms with E-state index in [2.05, 4.69) is 25.6 Å². The summed E-state index contributed by atoms with van der Waals surface area (Å²) < 4.78 is 0. The van der Waals surface area contributed by atoms with Gasteiger partial charge < -0.3 is 40.6 Å². The molecule has 0 amide bonds. The van der Waals surface area contributed by atoms with Gasteiger partial charge in [0.1, 0.15) is 11.5 Å². The van der Waals surface area contributed by atoms with Gasteiger partial charge in [-0.25, -0.2) is 0 Å². The Balaban J connectivity index is 0.00000240. The van der Waals surface area contributed by atoms with Crippen LogP contribution in [0.3, 0.4) is 0 Å². The van der Waals surface area contributed by atoms with E-state index >= 15 is 0 Å². The van der Waals surface area contributed by atoms with E-state index < -0.39 is 23.4 Å². The average molecular weight is 462 g/mol. The molecule has 3 rings (SSSR count). The summed E-state index contributed by atoms with van der Waals surface area (Å²) in [4.78, 5) is 33.4. The van der Waals surface area contributed by atoms with E-state index in [1.165, 1.54) is 12.1 Å². The number of aromatic hydroxyl groups is 2. The number of hydrogen-bond acceptors (Lipinski definition) is 11. The zero-order valence-electron chi connectivity index (χ0n) is 16.2. The summed E-state index contributed by atoms with van der Waals surface area (Å²) in [5.74, 6) is -4.17. The minimum absolute atomic E-state index is 0. The number of anilines is 4. The molecule has 0 radical (unpaired) electrons. The number of phenols is 2. The molecule has 2 aromatic carbocycles. The maximum atomic E-state index is 10.8. The molecule has 4 N–H and O–H groups in total. The first-order chi connectivity index (χ1) is 13.7. The average Bonchev–Trinajstić information content (AvgIpc) is 2.60. The zero-order chi connectivity index (χ0) is 21.1. The van der Waals surface area contributed by atoms with Gasteiger partial charge in [0.15, 0.2) is 0 Å². The zero-order valence-corrected chi connectivity index (χ0v) is 21.0. The molecule has 0 bridgehead atoms. The van der Waals surface area contributed by atoms with Gasteiger partial charge in [-0.05, 0) is 35.9 Å². The molecular formula is C17H10ClN5Na2O6. The Hall–Kier alpha value is -2.12.